The van der Waals surface area contributed by atoms with Crippen molar-refractivity contribution in [1.29, 1.82) is 0 Å². The molecule has 0 spiro atoms. The molecule has 1 unspecified atom stereocenters. The second kappa shape index (κ2) is 6.17. The van der Waals surface area contributed by atoms with E-state index < -0.39 is 22.3 Å². The highest BCUT2D eigenvalue weighted by atomic mass is 32.2. The molecule has 1 N–H and O–H groups in total. The Labute approximate surface area is 113 Å². The minimum Gasteiger partial charge on any atom is -0.481 e. The van der Waals surface area contributed by atoms with Gasteiger partial charge < -0.3 is 9.84 Å². The number of piperidine rings is 1. The Hall–Kier alpha value is -0.700. The Kier molecular flexibility index (Phi) is 4.77. The second-order valence-corrected chi connectivity index (χ2v) is 6.84. The summed E-state index contributed by atoms with van der Waals surface area (Å²) in [6, 6.07) is 0. The molecular formula is C11H20N2O5S. The molecule has 2 saturated heterocycles. The molecule has 7 nitrogen and oxygen atoms in total. The zero-order valence-electron chi connectivity index (χ0n) is 10.8. The van der Waals surface area contributed by atoms with Gasteiger partial charge in [-0.25, -0.2) is 0 Å². The molecule has 0 amide bonds. The molecule has 0 saturated carbocycles. The van der Waals surface area contributed by atoms with Crippen molar-refractivity contribution in [1.82, 2.24) is 8.61 Å². The standard InChI is InChI=1S/C11H20N2O5S/c14-11(15)8-10-9-13(6-7-18-10)19(16,17)12-4-2-1-3-5-12/h10H,1-9H2,(H,14,15). The summed E-state index contributed by atoms with van der Waals surface area (Å²) in [5.74, 6) is -0.970. The third kappa shape index (κ3) is 3.65. The fourth-order valence-electron chi connectivity index (χ4n) is 2.48. The van der Waals surface area contributed by atoms with Gasteiger partial charge in [0.2, 0.25) is 0 Å². The molecule has 1 atom stereocenters. The van der Waals surface area contributed by atoms with Crippen molar-refractivity contribution in [3.8, 4) is 0 Å². The molecule has 110 valence electrons. The van der Waals surface area contributed by atoms with Gasteiger partial charge in [-0.2, -0.15) is 17.0 Å². The smallest absolute Gasteiger partial charge is 0.306 e. The Bertz CT molecular complexity index is 419. The van der Waals surface area contributed by atoms with Gasteiger partial charge in [0.05, 0.1) is 19.1 Å². The average Bonchev–Trinajstić information content (AvgIpc) is 2.39. The third-order valence-electron chi connectivity index (χ3n) is 3.47. The molecule has 0 radical (unpaired) electrons. The first-order valence-electron chi connectivity index (χ1n) is 6.59. The van der Waals surface area contributed by atoms with Crippen molar-refractivity contribution in [2.24, 2.45) is 0 Å². The predicted octanol–water partition coefficient (Wildman–Crippen LogP) is -0.107. The lowest BCUT2D eigenvalue weighted by atomic mass is 10.2. The number of carboxylic acids is 1. The van der Waals surface area contributed by atoms with Crippen LogP contribution in [-0.2, 0) is 19.7 Å². The van der Waals surface area contributed by atoms with Gasteiger partial charge in [-0.1, -0.05) is 6.42 Å². The lowest BCUT2D eigenvalue weighted by molar-refractivity contribution is -0.141. The quantitative estimate of drug-likeness (QED) is 0.781. The molecule has 2 fully saturated rings. The van der Waals surface area contributed by atoms with Crippen LogP contribution < -0.4 is 0 Å². The van der Waals surface area contributed by atoms with Gasteiger partial charge in [0.1, 0.15) is 0 Å². The van der Waals surface area contributed by atoms with E-state index in [0.717, 1.165) is 19.3 Å². The van der Waals surface area contributed by atoms with Gasteiger partial charge in [0.15, 0.2) is 0 Å². The minimum absolute atomic E-state index is 0.130. The van der Waals surface area contributed by atoms with Gasteiger partial charge in [0, 0.05) is 26.2 Å². The molecule has 0 aromatic heterocycles. The average molecular weight is 292 g/mol. The van der Waals surface area contributed by atoms with E-state index in [1.54, 1.807) is 0 Å². The van der Waals surface area contributed by atoms with E-state index in [4.69, 9.17) is 9.84 Å². The molecule has 2 heterocycles. The van der Waals surface area contributed by atoms with Crippen molar-refractivity contribution in [3.05, 3.63) is 0 Å². The van der Waals surface area contributed by atoms with Gasteiger partial charge in [-0.05, 0) is 12.8 Å². The molecule has 2 aliphatic heterocycles. The van der Waals surface area contributed by atoms with Crippen LogP contribution in [0.3, 0.4) is 0 Å². The summed E-state index contributed by atoms with van der Waals surface area (Å²) in [4.78, 5) is 10.7. The normalized spacial score (nSPS) is 27.3. The molecular weight excluding hydrogens is 272 g/mol. The molecule has 2 aliphatic rings. The number of nitrogens with zero attached hydrogens (tertiary/aromatic N) is 2. The van der Waals surface area contributed by atoms with Crippen LogP contribution >= 0.6 is 0 Å². The first-order valence-corrected chi connectivity index (χ1v) is 7.98. The van der Waals surface area contributed by atoms with Crippen LogP contribution in [0.25, 0.3) is 0 Å². The Morgan fingerprint density at radius 1 is 1.16 bits per heavy atom. The molecule has 0 aromatic carbocycles. The summed E-state index contributed by atoms with van der Waals surface area (Å²) in [6.45, 7) is 1.80. The van der Waals surface area contributed by atoms with Crippen LogP contribution in [0.2, 0.25) is 0 Å². The number of ether oxygens (including phenoxy) is 1. The van der Waals surface area contributed by atoms with Crippen LogP contribution in [0.1, 0.15) is 25.7 Å². The second-order valence-electron chi connectivity index (χ2n) is 4.92. The van der Waals surface area contributed by atoms with Crippen molar-refractivity contribution in [2.75, 3.05) is 32.8 Å². The van der Waals surface area contributed by atoms with E-state index in [-0.39, 0.29) is 19.6 Å². The lowest BCUT2D eigenvalue weighted by Crippen LogP contribution is -2.52. The van der Waals surface area contributed by atoms with E-state index in [1.165, 1.54) is 8.61 Å². The van der Waals surface area contributed by atoms with E-state index >= 15 is 0 Å². The van der Waals surface area contributed by atoms with Crippen LogP contribution in [0, 0.1) is 0 Å². The van der Waals surface area contributed by atoms with Crippen LogP contribution in [0.15, 0.2) is 0 Å². The summed E-state index contributed by atoms with van der Waals surface area (Å²) >= 11 is 0. The zero-order valence-corrected chi connectivity index (χ0v) is 11.6. The van der Waals surface area contributed by atoms with Crippen molar-refractivity contribution in [3.63, 3.8) is 0 Å². The lowest BCUT2D eigenvalue weighted by Gasteiger charge is -2.36. The first-order chi connectivity index (χ1) is 9.00. The molecule has 0 aromatic rings. The van der Waals surface area contributed by atoms with E-state index in [1.807, 2.05) is 0 Å². The molecule has 19 heavy (non-hydrogen) atoms. The summed E-state index contributed by atoms with van der Waals surface area (Å²) < 4.78 is 33.0. The van der Waals surface area contributed by atoms with Gasteiger partial charge in [-0.15, -0.1) is 0 Å². The highest BCUT2D eigenvalue weighted by Crippen LogP contribution is 2.19. The number of carbonyl (C=O) groups is 1. The third-order valence-corrected chi connectivity index (χ3v) is 5.47. The van der Waals surface area contributed by atoms with E-state index in [9.17, 15) is 13.2 Å². The fraction of sp³-hybridized carbons (Fsp3) is 0.909. The minimum atomic E-state index is -3.46. The van der Waals surface area contributed by atoms with E-state index in [0.29, 0.717) is 19.6 Å². The van der Waals surface area contributed by atoms with Crippen molar-refractivity contribution < 1.29 is 23.1 Å². The maximum atomic E-state index is 12.4. The predicted molar refractivity (Wildman–Crippen MR) is 67.9 cm³/mol. The molecule has 2 rings (SSSR count). The van der Waals surface area contributed by atoms with E-state index in [2.05, 4.69) is 0 Å². The monoisotopic (exact) mass is 292 g/mol. The van der Waals surface area contributed by atoms with Crippen LogP contribution in [-0.4, -0.2) is 67.0 Å². The Morgan fingerprint density at radius 2 is 1.84 bits per heavy atom. The van der Waals surface area contributed by atoms with Crippen LogP contribution in [0.5, 0.6) is 0 Å². The number of aliphatic carboxylic acids is 1. The number of morpholine rings is 1. The van der Waals surface area contributed by atoms with Gasteiger partial charge >= 0.3 is 5.97 Å². The number of hydrogen-bond acceptors (Lipinski definition) is 4. The topological polar surface area (TPSA) is 87.2 Å². The number of rotatable bonds is 4. The van der Waals surface area contributed by atoms with Crippen molar-refractivity contribution >= 4 is 16.2 Å². The maximum absolute atomic E-state index is 12.4. The highest BCUT2D eigenvalue weighted by molar-refractivity contribution is 7.86. The molecule has 0 bridgehead atoms. The largest absolute Gasteiger partial charge is 0.481 e. The zero-order chi connectivity index (χ0) is 13.9. The van der Waals surface area contributed by atoms with Crippen molar-refractivity contribution in [2.45, 2.75) is 31.8 Å². The van der Waals surface area contributed by atoms with Gasteiger partial charge in [0.25, 0.3) is 10.2 Å². The number of carboxylic acid groups (broad SMARTS) is 1. The summed E-state index contributed by atoms with van der Waals surface area (Å²) in [7, 11) is -3.46. The molecule has 0 aliphatic carbocycles. The van der Waals surface area contributed by atoms with Gasteiger partial charge in [-0.3, -0.25) is 4.79 Å². The van der Waals surface area contributed by atoms with Crippen LogP contribution in [0.4, 0.5) is 0 Å². The summed E-state index contributed by atoms with van der Waals surface area (Å²) in [5, 5.41) is 8.75. The Balaban J connectivity index is 2.00. The fourth-order valence-corrected chi connectivity index (χ4v) is 4.19. The Morgan fingerprint density at radius 3 is 2.47 bits per heavy atom. The molecule has 8 heteroatoms. The summed E-state index contributed by atoms with van der Waals surface area (Å²) in [6.07, 6.45) is 2.14. The summed E-state index contributed by atoms with van der Waals surface area (Å²) in [5.41, 5.74) is 0. The maximum Gasteiger partial charge on any atom is 0.306 e. The highest BCUT2D eigenvalue weighted by Gasteiger charge is 2.35. The first kappa shape index (κ1) is 14.7. The SMILES string of the molecule is O=C(O)CC1CN(S(=O)(=O)N2CCCCC2)CCO1. The number of hydrogen-bond donors (Lipinski definition) is 1.